The molecule has 5 rings (SSSR count). The smallest absolute Gasteiger partial charge is 0.308 e. The second-order valence-corrected chi connectivity index (χ2v) is 8.89. The van der Waals surface area contributed by atoms with E-state index in [2.05, 4.69) is 30.1 Å². The van der Waals surface area contributed by atoms with E-state index in [9.17, 15) is 9.18 Å². The quantitative estimate of drug-likeness (QED) is 0.388. The highest BCUT2D eigenvalue weighted by molar-refractivity contribution is 6.03. The van der Waals surface area contributed by atoms with Crippen LogP contribution in [0.3, 0.4) is 0 Å². The molecule has 0 atom stereocenters. The van der Waals surface area contributed by atoms with Gasteiger partial charge in [-0.05, 0) is 66.6 Å². The van der Waals surface area contributed by atoms with Crippen LogP contribution >= 0.6 is 0 Å². The first-order chi connectivity index (χ1) is 15.5. The third-order valence-electron chi connectivity index (χ3n) is 6.47. The van der Waals surface area contributed by atoms with Crippen molar-refractivity contribution in [3.63, 3.8) is 0 Å². The Morgan fingerprint density at radius 2 is 1.97 bits per heavy atom. The van der Waals surface area contributed by atoms with Crippen molar-refractivity contribution in [3.8, 4) is 11.1 Å². The third-order valence-corrected chi connectivity index (χ3v) is 6.47. The number of H-pyrrole nitrogens is 1. The molecule has 0 spiro atoms. The lowest BCUT2D eigenvalue weighted by Crippen LogP contribution is -2.31. The largest absolute Gasteiger partial charge is 0.466 e. The van der Waals surface area contributed by atoms with Crippen LogP contribution in [0, 0.1) is 11.7 Å². The molecule has 0 saturated heterocycles. The number of hydrogen-bond acceptors (Lipinski definition) is 4. The summed E-state index contributed by atoms with van der Waals surface area (Å²) < 4.78 is 18.9. The number of halogens is 1. The fraction of sp³-hybridized carbons (Fsp3) is 0.346. The number of nitrogens with one attached hydrogen (secondary N) is 1. The summed E-state index contributed by atoms with van der Waals surface area (Å²) in [5, 5.41) is 9.24. The van der Waals surface area contributed by atoms with Gasteiger partial charge in [-0.1, -0.05) is 26.0 Å². The molecule has 0 bridgehead atoms. The molecule has 164 valence electrons. The minimum Gasteiger partial charge on any atom is -0.466 e. The Bertz CT molecular complexity index is 1300. The van der Waals surface area contributed by atoms with E-state index < -0.39 is 0 Å². The summed E-state index contributed by atoms with van der Waals surface area (Å²) in [7, 11) is 0. The predicted molar refractivity (Wildman–Crippen MR) is 123 cm³/mol. The summed E-state index contributed by atoms with van der Waals surface area (Å²) in [6, 6.07) is 10.8. The SMILES string of the molecule is CCOC(=O)C1CC(c2nc3cc4[nH]ncc4cc3c(-c3ccc(F)cc3)c2C(C)C)C1. The summed E-state index contributed by atoms with van der Waals surface area (Å²) in [4.78, 5) is 17.3. The van der Waals surface area contributed by atoms with Crippen LogP contribution in [0.2, 0.25) is 0 Å². The van der Waals surface area contributed by atoms with Crippen molar-refractivity contribution in [2.24, 2.45) is 5.92 Å². The summed E-state index contributed by atoms with van der Waals surface area (Å²) in [5.41, 5.74) is 6.05. The minimum atomic E-state index is -0.257. The first kappa shape index (κ1) is 20.6. The van der Waals surface area contributed by atoms with Crippen LogP contribution in [0.1, 0.15) is 56.7 Å². The topological polar surface area (TPSA) is 67.9 Å². The van der Waals surface area contributed by atoms with Crippen molar-refractivity contribution in [1.29, 1.82) is 0 Å². The molecule has 6 heteroatoms. The fourth-order valence-corrected chi connectivity index (χ4v) is 4.85. The molecule has 0 unspecified atom stereocenters. The van der Waals surface area contributed by atoms with Gasteiger partial charge in [0.15, 0.2) is 0 Å². The van der Waals surface area contributed by atoms with Crippen LogP contribution < -0.4 is 0 Å². The van der Waals surface area contributed by atoms with Gasteiger partial charge in [0.25, 0.3) is 0 Å². The van der Waals surface area contributed by atoms with Crippen molar-refractivity contribution in [2.75, 3.05) is 6.61 Å². The van der Waals surface area contributed by atoms with Crippen molar-refractivity contribution >= 4 is 27.8 Å². The number of ether oxygens (including phenoxy) is 1. The van der Waals surface area contributed by atoms with Crippen LogP contribution in [0.4, 0.5) is 4.39 Å². The van der Waals surface area contributed by atoms with Gasteiger partial charge in [-0.2, -0.15) is 5.10 Å². The summed E-state index contributed by atoms with van der Waals surface area (Å²) >= 11 is 0. The molecule has 0 amide bonds. The molecule has 2 heterocycles. The van der Waals surface area contributed by atoms with Crippen LogP contribution in [-0.2, 0) is 9.53 Å². The van der Waals surface area contributed by atoms with E-state index in [-0.39, 0.29) is 29.5 Å². The van der Waals surface area contributed by atoms with Crippen LogP contribution in [0.15, 0.2) is 42.6 Å². The average molecular weight is 432 g/mol. The number of carbonyl (C=O) groups excluding carboxylic acids is 1. The van der Waals surface area contributed by atoms with Crippen molar-refractivity contribution < 1.29 is 13.9 Å². The first-order valence-electron chi connectivity index (χ1n) is 11.2. The molecule has 1 fully saturated rings. The molecule has 0 radical (unpaired) electrons. The number of esters is 1. The molecule has 5 nitrogen and oxygen atoms in total. The van der Waals surface area contributed by atoms with Gasteiger partial charge < -0.3 is 4.74 Å². The summed E-state index contributed by atoms with van der Waals surface area (Å²) in [6.45, 7) is 6.57. The zero-order valence-electron chi connectivity index (χ0n) is 18.5. The number of pyridine rings is 1. The van der Waals surface area contributed by atoms with Gasteiger partial charge in [-0.15, -0.1) is 0 Å². The van der Waals surface area contributed by atoms with Gasteiger partial charge in [0.05, 0.1) is 29.8 Å². The van der Waals surface area contributed by atoms with E-state index in [0.717, 1.165) is 51.5 Å². The molecular weight excluding hydrogens is 405 g/mol. The number of aromatic amines is 1. The lowest BCUT2D eigenvalue weighted by Gasteiger charge is -2.35. The summed E-state index contributed by atoms with van der Waals surface area (Å²) in [6.07, 6.45) is 3.29. The lowest BCUT2D eigenvalue weighted by molar-refractivity contribution is -0.151. The molecule has 2 aromatic carbocycles. The first-order valence-corrected chi connectivity index (χ1v) is 11.2. The normalized spacial score (nSPS) is 18.3. The number of carbonyl (C=O) groups is 1. The maximum atomic E-state index is 13.7. The van der Waals surface area contributed by atoms with Crippen LogP contribution in [0.25, 0.3) is 32.9 Å². The molecule has 1 aliphatic rings. The Hall–Kier alpha value is -3.28. The monoisotopic (exact) mass is 431 g/mol. The molecule has 0 aliphatic heterocycles. The Balaban J connectivity index is 1.71. The van der Waals surface area contributed by atoms with Gasteiger partial charge in [0, 0.05) is 22.4 Å². The van der Waals surface area contributed by atoms with Crippen LogP contribution in [-0.4, -0.2) is 27.8 Å². The molecule has 1 saturated carbocycles. The predicted octanol–water partition coefficient (Wildman–Crippen LogP) is 6.10. The summed E-state index contributed by atoms with van der Waals surface area (Å²) in [5.74, 6) is -0.0335. The van der Waals surface area contributed by atoms with E-state index in [1.807, 2.05) is 31.3 Å². The van der Waals surface area contributed by atoms with Crippen molar-refractivity contribution in [1.82, 2.24) is 15.2 Å². The van der Waals surface area contributed by atoms with Gasteiger partial charge in [-0.25, -0.2) is 4.39 Å². The second kappa shape index (κ2) is 8.01. The second-order valence-electron chi connectivity index (χ2n) is 8.89. The van der Waals surface area contributed by atoms with Gasteiger partial charge in [0.1, 0.15) is 5.82 Å². The molecule has 1 N–H and O–H groups in total. The number of rotatable bonds is 5. The standard InChI is InChI=1S/C26H26FN3O2/c1-4-32-26(31)17-9-16(10-17)25-23(14(2)3)24(15-5-7-19(27)8-6-15)20-11-18-13-28-30-21(18)12-22(20)29-25/h5-8,11-14,16-17H,4,9-10H2,1-3H3,(H,28,30). The van der Waals surface area contributed by atoms with Gasteiger partial charge >= 0.3 is 5.97 Å². The molecule has 1 aliphatic carbocycles. The third kappa shape index (κ3) is 3.44. The van der Waals surface area contributed by atoms with Crippen molar-refractivity contribution in [3.05, 3.63) is 59.7 Å². The molecular formula is C26H26FN3O2. The zero-order valence-corrected chi connectivity index (χ0v) is 18.5. The van der Waals surface area contributed by atoms with E-state index in [0.29, 0.717) is 6.61 Å². The van der Waals surface area contributed by atoms with E-state index >= 15 is 0 Å². The number of aromatic nitrogens is 3. The maximum Gasteiger partial charge on any atom is 0.308 e. The number of hydrogen-bond donors (Lipinski definition) is 1. The lowest BCUT2D eigenvalue weighted by atomic mass is 9.70. The highest BCUT2D eigenvalue weighted by atomic mass is 19.1. The average Bonchev–Trinajstić information content (AvgIpc) is 3.18. The van der Waals surface area contributed by atoms with Crippen LogP contribution in [0.5, 0.6) is 0 Å². The Kier molecular flexibility index (Phi) is 5.16. The van der Waals surface area contributed by atoms with Gasteiger partial charge in [-0.3, -0.25) is 14.9 Å². The number of fused-ring (bicyclic) bond motifs is 2. The number of benzene rings is 2. The fourth-order valence-electron chi connectivity index (χ4n) is 4.85. The number of nitrogens with zero attached hydrogens (tertiary/aromatic N) is 2. The zero-order chi connectivity index (χ0) is 22.4. The molecule has 2 aromatic heterocycles. The van der Waals surface area contributed by atoms with E-state index in [4.69, 9.17) is 9.72 Å². The maximum absolute atomic E-state index is 13.7. The Labute approximate surface area is 186 Å². The molecule has 32 heavy (non-hydrogen) atoms. The van der Waals surface area contributed by atoms with E-state index in [1.54, 1.807) is 0 Å². The highest BCUT2D eigenvalue weighted by Gasteiger charge is 2.39. The van der Waals surface area contributed by atoms with Gasteiger partial charge in [0.2, 0.25) is 0 Å². The highest BCUT2D eigenvalue weighted by Crippen LogP contribution is 2.48. The Morgan fingerprint density at radius 3 is 2.66 bits per heavy atom. The minimum absolute atomic E-state index is 0.0678. The van der Waals surface area contributed by atoms with Crippen molar-refractivity contribution in [2.45, 2.75) is 45.4 Å². The van der Waals surface area contributed by atoms with E-state index in [1.165, 1.54) is 17.7 Å². The Morgan fingerprint density at radius 1 is 1.22 bits per heavy atom. The molecule has 4 aromatic rings.